The molecule has 0 amide bonds. The van der Waals surface area contributed by atoms with Crippen molar-refractivity contribution in [1.82, 2.24) is 0 Å². The van der Waals surface area contributed by atoms with Gasteiger partial charge in [-0.2, -0.15) is 0 Å². The van der Waals surface area contributed by atoms with Crippen LogP contribution in [-0.2, 0) is 9.84 Å². The summed E-state index contributed by atoms with van der Waals surface area (Å²) in [5, 5.41) is 3.20. The van der Waals surface area contributed by atoms with Gasteiger partial charge in [0.05, 0.1) is 16.3 Å². The smallest absolute Gasteiger partial charge is 0.180 e. The Kier molecular flexibility index (Phi) is 6.49. The Bertz CT molecular complexity index is 510. The molecule has 0 aromatic heterocycles. The number of para-hydroxylation sites is 1. The summed E-state index contributed by atoms with van der Waals surface area (Å²) in [4.78, 5) is 0.360. The lowest BCUT2D eigenvalue weighted by molar-refractivity contribution is 0.407. The Morgan fingerprint density at radius 1 is 1.15 bits per heavy atom. The number of anilines is 1. The molecule has 1 rings (SSSR count). The molecule has 0 aliphatic rings. The number of benzene rings is 1. The second kappa shape index (κ2) is 7.64. The fourth-order valence-electron chi connectivity index (χ4n) is 2.33. The Morgan fingerprint density at radius 2 is 1.75 bits per heavy atom. The number of nitrogens with one attached hydrogen (secondary N) is 1. The fraction of sp³-hybridized carbons (Fsp3) is 0.600. The van der Waals surface area contributed by atoms with Crippen molar-refractivity contribution in [3.05, 3.63) is 24.3 Å². The Labute approximate surface area is 122 Å². The number of rotatable bonds is 8. The molecule has 1 unspecified atom stereocenters. The second-order valence-corrected chi connectivity index (χ2v) is 7.27. The van der Waals surface area contributed by atoms with E-state index in [1.165, 1.54) is 0 Å². The Morgan fingerprint density at radius 3 is 2.30 bits per heavy atom. The molecule has 3 N–H and O–H groups in total. The van der Waals surface area contributed by atoms with Crippen LogP contribution >= 0.6 is 0 Å². The van der Waals surface area contributed by atoms with E-state index in [0.29, 0.717) is 23.0 Å². The average molecular weight is 298 g/mol. The lowest BCUT2D eigenvalue weighted by Gasteiger charge is -2.22. The van der Waals surface area contributed by atoms with Gasteiger partial charge in [0, 0.05) is 12.6 Å². The van der Waals surface area contributed by atoms with Gasteiger partial charge in [-0.1, -0.05) is 45.7 Å². The minimum absolute atomic E-state index is 0.0300. The zero-order valence-corrected chi connectivity index (χ0v) is 13.4. The maximum atomic E-state index is 12.0. The SMILES string of the molecule is CCC(CC)C(N)CNc1ccccc1S(=O)(=O)CC. The van der Waals surface area contributed by atoms with Crippen LogP contribution in [0.5, 0.6) is 0 Å². The van der Waals surface area contributed by atoms with Gasteiger partial charge in [0.15, 0.2) is 9.84 Å². The van der Waals surface area contributed by atoms with Crippen LogP contribution in [0.2, 0.25) is 0 Å². The third kappa shape index (κ3) is 4.21. The number of hydrogen-bond donors (Lipinski definition) is 2. The monoisotopic (exact) mass is 298 g/mol. The zero-order chi connectivity index (χ0) is 15.2. The van der Waals surface area contributed by atoms with Crippen LogP contribution in [0.1, 0.15) is 33.6 Å². The summed E-state index contributed by atoms with van der Waals surface area (Å²) < 4.78 is 24.1. The molecule has 0 bridgehead atoms. The van der Waals surface area contributed by atoms with Crippen molar-refractivity contribution in [2.45, 2.75) is 44.6 Å². The van der Waals surface area contributed by atoms with E-state index in [1.54, 1.807) is 25.1 Å². The maximum Gasteiger partial charge on any atom is 0.180 e. The van der Waals surface area contributed by atoms with Crippen molar-refractivity contribution in [1.29, 1.82) is 0 Å². The first-order valence-electron chi connectivity index (χ1n) is 7.27. The third-order valence-corrected chi connectivity index (χ3v) is 5.57. The van der Waals surface area contributed by atoms with Crippen molar-refractivity contribution >= 4 is 15.5 Å². The number of hydrogen-bond acceptors (Lipinski definition) is 4. The molecule has 0 heterocycles. The van der Waals surface area contributed by atoms with E-state index < -0.39 is 9.84 Å². The standard InChI is InChI=1S/C15H26N2O2S/c1-4-12(5-2)13(16)11-17-14-9-7-8-10-15(14)20(18,19)6-3/h7-10,12-13,17H,4-6,11,16H2,1-3H3. The van der Waals surface area contributed by atoms with E-state index in [0.717, 1.165) is 12.8 Å². The van der Waals surface area contributed by atoms with Crippen LogP contribution in [0.4, 0.5) is 5.69 Å². The summed E-state index contributed by atoms with van der Waals surface area (Å²) in [6, 6.07) is 7.04. The van der Waals surface area contributed by atoms with Gasteiger partial charge in [-0.15, -0.1) is 0 Å². The van der Waals surface area contributed by atoms with Gasteiger partial charge >= 0.3 is 0 Å². The molecular formula is C15H26N2O2S. The highest BCUT2D eigenvalue weighted by Crippen LogP contribution is 2.22. The molecule has 20 heavy (non-hydrogen) atoms. The van der Waals surface area contributed by atoms with Crippen LogP contribution in [0.3, 0.4) is 0 Å². The molecule has 1 atom stereocenters. The molecule has 0 saturated heterocycles. The molecule has 0 fully saturated rings. The largest absolute Gasteiger partial charge is 0.382 e. The van der Waals surface area contributed by atoms with Gasteiger partial charge < -0.3 is 11.1 Å². The van der Waals surface area contributed by atoms with Gasteiger partial charge in [-0.3, -0.25) is 0 Å². The van der Waals surface area contributed by atoms with E-state index in [-0.39, 0.29) is 11.8 Å². The van der Waals surface area contributed by atoms with Crippen LogP contribution in [0.15, 0.2) is 29.2 Å². The van der Waals surface area contributed by atoms with Crippen molar-refractivity contribution in [2.24, 2.45) is 11.7 Å². The molecule has 4 nitrogen and oxygen atoms in total. The highest BCUT2D eigenvalue weighted by atomic mass is 32.2. The van der Waals surface area contributed by atoms with Gasteiger partial charge in [-0.25, -0.2) is 8.42 Å². The maximum absolute atomic E-state index is 12.0. The van der Waals surface area contributed by atoms with Crippen LogP contribution in [0.25, 0.3) is 0 Å². The first kappa shape index (κ1) is 17.0. The van der Waals surface area contributed by atoms with E-state index in [1.807, 2.05) is 6.07 Å². The predicted molar refractivity (Wildman–Crippen MR) is 84.7 cm³/mol. The third-order valence-electron chi connectivity index (χ3n) is 3.78. The number of sulfone groups is 1. The minimum atomic E-state index is -3.21. The highest BCUT2D eigenvalue weighted by molar-refractivity contribution is 7.91. The highest BCUT2D eigenvalue weighted by Gasteiger charge is 2.18. The molecule has 0 radical (unpaired) electrons. The molecule has 114 valence electrons. The summed E-state index contributed by atoms with van der Waals surface area (Å²) >= 11 is 0. The van der Waals surface area contributed by atoms with Crippen LogP contribution in [0, 0.1) is 5.92 Å². The molecule has 0 saturated carbocycles. The minimum Gasteiger partial charge on any atom is -0.382 e. The number of nitrogens with two attached hydrogens (primary N) is 1. The molecular weight excluding hydrogens is 272 g/mol. The second-order valence-electron chi connectivity index (χ2n) is 5.02. The van der Waals surface area contributed by atoms with Crippen molar-refractivity contribution in [3.8, 4) is 0 Å². The van der Waals surface area contributed by atoms with E-state index in [9.17, 15) is 8.42 Å². The van der Waals surface area contributed by atoms with Crippen molar-refractivity contribution in [3.63, 3.8) is 0 Å². The van der Waals surface area contributed by atoms with Gasteiger partial charge in [0.2, 0.25) is 0 Å². The van der Waals surface area contributed by atoms with E-state index in [2.05, 4.69) is 19.2 Å². The molecule has 0 spiro atoms. The summed E-state index contributed by atoms with van der Waals surface area (Å²) in [6.07, 6.45) is 2.07. The lowest BCUT2D eigenvalue weighted by atomic mass is 9.95. The van der Waals surface area contributed by atoms with Gasteiger partial charge in [-0.05, 0) is 18.1 Å². The molecule has 5 heteroatoms. The first-order valence-corrected chi connectivity index (χ1v) is 8.92. The van der Waals surface area contributed by atoms with Gasteiger partial charge in [0.25, 0.3) is 0 Å². The Balaban J connectivity index is 2.84. The molecule has 1 aromatic rings. The van der Waals surface area contributed by atoms with Crippen molar-refractivity contribution < 1.29 is 8.42 Å². The fourth-order valence-corrected chi connectivity index (χ4v) is 3.40. The molecule has 0 aliphatic heterocycles. The van der Waals surface area contributed by atoms with Crippen LogP contribution in [-0.4, -0.2) is 26.8 Å². The topological polar surface area (TPSA) is 72.2 Å². The van der Waals surface area contributed by atoms with Gasteiger partial charge in [0.1, 0.15) is 0 Å². The summed E-state index contributed by atoms with van der Waals surface area (Å²) in [6.45, 7) is 6.50. The first-order chi connectivity index (χ1) is 9.46. The molecule has 1 aromatic carbocycles. The normalized spacial score (nSPS) is 13.4. The van der Waals surface area contributed by atoms with E-state index in [4.69, 9.17) is 5.73 Å². The zero-order valence-electron chi connectivity index (χ0n) is 12.6. The average Bonchev–Trinajstić information content (AvgIpc) is 2.46. The quantitative estimate of drug-likeness (QED) is 0.774. The van der Waals surface area contributed by atoms with Crippen molar-refractivity contribution in [2.75, 3.05) is 17.6 Å². The lowest BCUT2D eigenvalue weighted by Crippen LogP contribution is -2.36. The predicted octanol–water partition coefficient (Wildman–Crippen LogP) is 2.66. The Hall–Kier alpha value is -1.07. The summed E-state index contributed by atoms with van der Waals surface area (Å²) in [5.41, 5.74) is 6.82. The van der Waals surface area contributed by atoms with Crippen LogP contribution < -0.4 is 11.1 Å². The summed E-state index contributed by atoms with van der Waals surface area (Å²) in [5.74, 6) is 0.557. The molecule has 0 aliphatic carbocycles. The summed E-state index contributed by atoms with van der Waals surface area (Å²) in [7, 11) is -3.21. The van der Waals surface area contributed by atoms with E-state index >= 15 is 0 Å².